The van der Waals surface area contributed by atoms with Gasteiger partial charge in [0.2, 0.25) is 0 Å². The second-order valence-electron chi connectivity index (χ2n) is 3.48. The molecule has 0 spiro atoms. The van der Waals surface area contributed by atoms with E-state index in [0.29, 0.717) is 13.0 Å². The van der Waals surface area contributed by atoms with Gasteiger partial charge in [-0.05, 0) is 35.0 Å². The Balaban J connectivity index is 2.43. The summed E-state index contributed by atoms with van der Waals surface area (Å²) in [5.41, 5.74) is 4.51. The molecule has 0 bridgehead atoms. The Morgan fingerprint density at radius 3 is 2.69 bits per heavy atom. The highest BCUT2D eigenvalue weighted by molar-refractivity contribution is 9.10. The minimum atomic E-state index is -0.998. The number of thiophene rings is 1. The van der Waals surface area contributed by atoms with Crippen molar-refractivity contribution in [3.8, 4) is 0 Å². The van der Waals surface area contributed by atoms with Gasteiger partial charge in [0.15, 0.2) is 5.54 Å². The van der Waals surface area contributed by atoms with Crippen molar-refractivity contribution in [2.45, 2.75) is 12.0 Å². The molecule has 2 rings (SSSR count). The van der Waals surface area contributed by atoms with Gasteiger partial charge in [-0.25, -0.2) is 4.79 Å². The van der Waals surface area contributed by atoms with Gasteiger partial charge in [0, 0.05) is 14.7 Å². The Kier molecular flexibility index (Phi) is 3.00. The maximum atomic E-state index is 11.8. The van der Waals surface area contributed by atoms with Crippen molar-refractivity contribution in [1.82, 2.24) is 10.6 Å². The zero-order chi connectivity index (χ0) is 11.8. The van der Waals surface area contributed by atoms with Crippen LogP contribution in [-0.4, -0.2) is 18.5 Å². The number of nitrogens with two attached hydrogens (primary N) is 1. The van der Waals surface area contributed by atoms with Crippen LogP contribution < -0.4 is 16.4 Å². The van der Waals surface area contributed by atoms with E-state index in [4.69, 9.17) is 5.73 Å². The predicted octanol–water partition coefficient (Wildman–Crippen LogP) is 0.894. The molecule has 1 aromatic heterocycles. The fraction of sp³-hybridized carbons (Fsp3) is 0.333. The van der Waals surface area contributed by atoms with Gasteiger partial charge in [0.1, 0.15) is 0 Å². The van der Waals surface area contributed by atoms with Crippen molar-refractivity contribution < 1.29 is 9.59 Å². The third kappa shape index (κ3) is 1.74. The summed E-state index contributed by atoms with van der Waals surface area (Å²) in [6, 6.07) is 1.36. The topological polar surface area (TPSA) is 84.2 Å². The van der Waals surface area contributed by atoms with E-state index in [0.717, 1.165) is 9.35 Å². The molecule has 0 aliphatic carbocycles. The summed E-state index contributed by atoms with van der Waals surface area (Å²) in [5.74, 6) is -0.336. The smallest absolute Gasteiger partial charge is 0.322 e. The lowest BCUT2D eigenvalue weighted by Gasteiger charge is -2.23. The molecule has 1 aromatic rings. The fourth-order valence-corrected chi connectivity index (χ4v) is 3.33. The number of hydrogen-bond donors (Lipinski definition) is 3. The highest BCUT2D eigenvalue weighted by Gasteiger charge is 2.47. The van der Waals surface area contributed by atoms with Gasteiger partial charge in [-0.2, -0.15) is 0 Å². The number of imide groups is 1. The minimum absolute atomic E-state index is 0.323. The molecule has 2 heterocycles. The van der Waals surface area contributed by atoms with Crippen molar-refractivity contribution in [2.75, 3.05) is 6.54 Å². The van der Waals surface area contributed by atoms with Crippen LogP contribution in [0.25, 0.3) is 0 Å². The molecule has 86 valence electrons. The fourth-order valence-electron chi connectivity index (χ4n) is 1.72. The van der Waals surface area contributed by atoms with Gasteiger partial charge >= 0.3 is 6.03 Å². The van der Waals surface area contributed by atoms with Crippen LogP contribution in [0.4, 0.5) is 4.79 Å². The SMILES string of the molecule is NCCC1(c2cc(Br)cs2)NC(=O)NC1=O. The average molecular weight is 304 g/mol. The summed E-state index contributed by atoms with van der Waals surface area (Å²) < 4.78 is 0.887. The molecule has 0 radical (unpaired) electrons. The number of halogens is 1. The normalized spacial score (nSPS) is 24.4. The number of carbonyl (C=O) groups is 2. The largest absolute Gasteiger partial charge is 0.330 e. The third-order valence-corrected chi connectivity index (χ3v) is 4.30. The van der Waals surface area contributed by atoms with Gasteiger partial charge in [-0.15, -0.1) is 11.3 Å². The summed E-state index contributed by atoms with van der Waals surface area (Å²) in [6.07, 6.45) is 0.386. The summed E-state index contributed by atoms with van der Waals surface area (Å²) in [6.45, 7) is 0.323. The van der Waals surface area contributed by atoms with Crippen molar-refractivity contribution in [3.63, 3.8) is 0 Å². The van der Waals surface area contributed by atoms with E-state index >= 15 is 0 Å². The van der Waals surface area contributed by atoms with E-state index in [-0.39, 0.29) is 5.91 Å². The van der Waals surface area contributed by atoms with Crippen LogP contribution in [0.1, 0.15) is 11.3 Å². The van der Waals surface area contributed by atoms with Gasteiger partial charge in [-0.1, -0.05) is 0 Å². The number of rotatable bonds is 3. The first-order valence-electron chi connectivity index (χ1n) is 4.66. The molecule has 4 N–H and O–H groups in total. The van der Waals surface area contributed by atoms with E-state index in [1.54, 1.807) is 0 Å². The molecular formula is C9H10BrN3O2S. The molecule has 16 heavy (non-hydrogen) atoms. The number of carbonyl (C=O) groups excluding carboxylic acids is 2. The van der Waals surface area contributed by atoms with E-state index in [9.17, 15) is 9.59 Å². The lowest BCUT2D eigenvalue weighted by atomic mass is 9.93. The van der Waals surface area contributed by atoms with Crippen LogP contribution in [0.5, 0.6) is 0 Å². The number of urea groups is 1. The first kappa shape index (κ1) is 11.6. The lowest BCUT2D eigenvalue weighted by molar-refractivity contribution is -0.124. The molecule has 1 aliphatic rings. The van der Waals surface area contributed by atoms with Crippen LogP contribution in [0.3, 0.4) is 0 Å². The molecule has 5 nitrogen and oxygen atoms in total. The van der Waals surface area contributed by atoms with E-state index < -0.39 is 11.6 Å². The first-order valence-corrected chi connectivity index (χ1v) is 6.34. The van der Waals surface area contributed by atoms with Crippen molar-refractivity contribution in [3.05, 3.63) is 20.8 Å². The first-order chi connectivity index (χ1) is 7.58. The van der Waals surface area contributed by atoms with Crippen molar-refractivity contribution in [2.24, 2.45) is 5.73 Å². The zero-order valence-corrected chi connectivity index (χ0v) is 10.7. The van der Waals surface area contributed by atoms with Crippen LogP contribution in [-0.2, 0) is 10.3 Å². The van der Waals surface area contributed by atoms with Crippen molar-refractivity contribution >= 4 is 39.2 Å². The maximum absolute atomic E-state index is 11.8. The van der Waals surface area contributed by atoms with Crippen molar-refractivity contribution in [1.29, 1.82) is 0 Å². The molecule has 7 heteroatoms. The predicted molar refractivity (Wildman–Crippen MR) is 64.0 cm³/mol. The molecule has 0 saturated carbocycles. The molecule has 1 atom stereocenters. The number of amides is 3. The lowest BCUT2D eigenvalue weighted by Crippen LogP contribution is -2.44. The van der Waals surface area contributed by atoms with E-state index in [2.05, 4.69) is 26.6 Å². The van der Waals surface area contributed by atoms with Crippen LogP contribution >= 0.6 is 27.3 Å². The van der Waals surface area contributed by atoms with Gasteiger partial charge < -0.3 is 11.1 Å². The maximum Gasteiger partial charge on any atom is 0.322 e. The van der Waals surface area contributed by atoms with E-state index in [1.165, 1.54) is 11.3 Å². The average Bonchev–Trinajstić information content (AvgIpc) is 2.73. The highest BCUT2D eigenvalue weighted by Crippen LogP contribution is 2.34. The van der Waals surface area contributed by atoms with Gasteiger partial charge in [-0.3, -0.25) is 10.1 Å². The molecule has 0 aromatic carbocycles. The molecule has 1 unspecified atom stereocenters. The van der Waals surface area contributed by atoms with Gasteiger partial charge in [0.05, 0.1) is 0 Å². The Morgan fingerprint density at radius 2 is 2.25 bits per heavy atom. The number of hydrogen-bond acceptors (Lipinski definition) is 4. The molecule has 1 fully saturated rings. The Hall–Kier alpha value is -0.920. The molecule has 3 amide bonds. The Morgan fingerprint density at radius 1 is 1.50 bits per heavy atom. The van der Waals surface area contributed by atoms with E-state index in [1.807, 2.05) is 11.4 Å². The second kappa shape index (κ2) is 4.15. The Labute approximate surface area is 105 Å². The van der Waals surface area contributed by atoms with Crippen LogP contribution in [0.2, 0.25) is 0 Å². The number of nitrogens with one attached hydrogen (secondary N) is 2. The molecular weight excluding hydrogens is 294 g/mol. The van der Waals surface area contributed by atoms with Crippen LogP contribution in [0, 0.1) is 0 Å². The summed E-state index contributed by atoms with van der Waals surface area (Å²) in [5, 5.41) is 6.77. The standard InChI is InChI=1S/C9H10BrN3O2S/c10-5-3-6(16-4-5)9(1-2-11)7(14)12-8(15)13-9/h3-4H,1-2,11H2,(H2,12,13,14,15). The minimum Gasteiger partial charge on any atom is -0.330 e. The summed E-state index contributed by atoms with van der Waals surface area (Å²) in [4.78, 5) is 23.9. The zero-order valence-electron chi connectivity index (χ0n) is 8.25. The monoisotopic (exact) mass is 303 g/mol. The second-order valence-corrected chi connectivity index (χ2v) is 5.31. The summed E-state index contributed by atoms with van der Waals surface area (Å²) >= 11 is 4.74. The van der Waals surface area contributed by atoms with Crippen LogP contribution in [0.15, 0.2) is 15.9 Å². The molecule has 1 aliphatic heterocycles. The Bertz CT molecular complexity index is 448. The van der Waals surface area contributed by atoms with Gasteiger partial charge in [0.25, 0.3) is 5.91 Å². The quantitative estimate of drug-likeness (QED) is 0.725. The summed E-state index contributed by atoms with van der Waals surface area (Å²) in [7, 11) is 0. The molecule has 1 saturated heterocycles. The highest BCUT2D eigenvalue weighted by atomic mass is 79.9. The third-order valence-electron chi connectivity index (χ3n) is 2.45.